The molecule has 1 saturated heterocycles. The lowest BCUT2D eigenvalue weighted by Gasteiger charge is -2.74. The number of carboxylic acid groups (broad SMARTS) is 1. The topological polar surface area (TPSA) is 66.8 Å². The molecule has 38 heavy (non-hydrogen) atoms. The number of aliphatic carboxylic acids is 1. The Morgan fingerprint density at radius 2 is 1.61 bits per heavy atom. The fraction of sp³-hybridized carbons (Fsp3) is 0.938. The molecule has 0 aromatic heterocycles. The van der Waals surface area contributed by atoms with Crippen molar-refractivity contribution in [3.63, 3.8) is 0 Å². The van der Waals surface area contributed by atoms with Crippen LogP contribution in [0.3, 0.4) is 0 Å². The molecule has 5 saturated carbocycles. The zero-order valence-electron chi connectivity index (χ0n) is 24.6. The van der Waals surface area contributed by atoms with E-state index in [1.807, 2.05) is 4.90 Å². The molecule has 6 heteroatoms. The van der Waals surface area contributed by atoms with Gasteiger partial charge in [-0.15, -0.1) is 0 Å². The summed E-state index contributed by atoms with van der Waals surface area (Å²) in [7, 11) is 1.76. The molecule has 1 amide bonds. The largest absolute Gasteiger partial charge is 0.481 e. The predicted molar refractivity (Wildman–Crippen MR) is 152 cm³/mol. The maximum atomic E-state index is 13.2. The van der Waals surface area contributed by atoms with Gasteiger partial charge in [0.25, 0.3) is 0 Å². The summed E-state index contributed by atoms with van der Waals surface area (Å²) in [5.74, 6) is 1.17. The number of alkyl halides is 1. The Labute approximate surface area is 238 Å². The number of carboxylic acids is 1. The fourth-order valence-electron chi connectivity index (χ4n) is 13.0. The van der Waals surface area contributed by atoms with Gasteiger partial charge in [-0.2, -0.15) is 0 Å². The van der Waals surface area contributed by atoms with E-state index in [4.69, 9.17) is 4.74 Å². The highest BCUT2D eigenvalue weighted by Gasteiger charge is 2.78. The van der Waals surface area contributed by atoms with E-state index >= 15 is 0 Å². The van der Waals surface area contributed by atoms with Crippen LogP contribution in [-0.2, 0) is 14.3 Å². The number of nitrogens with zero attached hydrogens (tertiary/aromatic N) is 1. The summed E-state index contributed by atoms with van der Waals surface area (Å²) in [6.45, 7) is 13.4. The van der Waals surface area contributed by atoms with E-state index < -0.39 is 16.9 Å². The van der Waals surface area contributed by atoms with Gasteiger partial charge < -0.3 is 14.7 Å². The molecule has 0 radical (unpaired) electrons. The smallest absolute Gasteiger partial charge is 0.310 e. The second-order valence-electron chi connectivity index (χ2n) is 15.8. The summed E-state index contributed by atoms with van der Waals surface area (Å²) in [6.07, 6.45) is 11.9. The number of halogens is 1. The van der Waals surface area contributed by atoms with Gasteiger partial charge in [0, 0.05) is 19.6 Å². The molecule has 1 N–H and O–H groups in total. The quantitative estimate of drug-likeness (QED) is 0.362. The average Bonchev–Trinajstić information content (AvgIpc) is 3.22. The first-order chi connectivity index (χ1) is 17.8. The number of methoxy groups -OCH3 is 1. The Bertz CT molecular complexity index is 1030. The molecule has 0 bridgehead atoms. The van der Waals surface area contributed by atoms with Crippen LogP contribution in [0.25, 0.3) is 0 Å². The van der Waals surface area contributed by atoms with Gasteiger partial charge in [-0.1, -0.05) is 57.0 Å². The molecule has 9 unspecified atom stereocenters. The first-order valence-corrected chi connectivity index (χ1v) is 16.5. The Morgan fingerprint density at radius 3 is 2.26 bits per heavy atom. The van der Waals surface area contributed by atoms with E-state index in [2.05, 4.69) is 50.5 Å². The number of carbonyl (C=O) groups excluding carboxylic acids is 1. The molecule has 0 aromatic carbocycles. The zero-order valence-corrected chi connectivity index (χ0v) is 26.2. The summed E-state index contributed by atoms with van der Waals surface area (Å²) >= 11 is 3.43. The molecule has 10 atom stereocenters. The summed E-state index contributed by atoms with van der Waals surface area (Å²) in [6, 6.07) is 0. The van der Waals surface area contributed by atoms with Gasteiger partial charge in [0.2, 0.25) is 5.91 Å². The van der Waals surface area contributed by atoms with Crippen molar-refractivity contribution in [1.29, 1.82) is 0 Å². The number of ether oxygens (including phenoxy) is 1. The van der Waals surface area contributed by atoms with Gasteiger partial charge in [-0.3, -0.25) is 9.59 Å². The standard InChI is InChI=1S/C32H50BrNO4/c1-27(2)11-7-12-28(3)21(27)10-13-30(5)22(28)9-8-20-25-31(26(36)37,15-14-29(20,30)4)16-17-32(25)23(38-6)19-34(32)24(35)18-33/h20-23,25H,7-19H2,1-6H3,(H,36,37)/t20?,21?,22?,23?,25?,28?,29-,30?,31?,32?/m1/s1. The van der Waals surface area contributed by atoms with E-state index in [0.29, 0.717) is 35.6 Å². The van der Waals surface area contributed by atoms with Crippen LogP contribution in [0.2, 0.25) is 0 Å². The highest BCUT2D eigenvalue weighted by molar-refractivity contribution is 9.09. The molecular formula is C32H50BrNO4. The SMILES string of the molecule is COC1CN(C(=O)CBr)C12CCC1(C(=O)O)CC[C@]3(C)C(CCC4C5(C)CCCC(C)(C)C5CCC43C)C12. The third-order valence-electron chi connectivity index (χ3n) is 14.8. The van der Waals surface area contributed by atoms with Gasteiger partial charge in [0.15, 0.2) is 0 Å². The highest BCUT2D eigenvalue weighted by Crippen LogP contribution is 2.78. The minimum atomic E-state index is -0.747. The molecule has 0 aromatic rings. The Kier molecular flexibility index (Phi) is 6.13. The van der Waals surface area contributed by atoms with Crippen molar-refractivity contribution in [3.8, 4) is 0 Å². The number of likely N-dealkylation sites (tertiary alicyclic amines) is 1. The number of amides is 1. The molecule has 214 valence electrons. The fourth-order valence-corrected chi connectivity index (χ4v) is 13.3. The van der Waals surface area contributed by atoms with Gasteiger partial charge >= 0.3 is 5.97 Å². The van der Waals surface area contributed by atoms with Crippen LogP contribution in [0.1, 0.15) is 105 Å². The van der Waals surface area contributed by atoms with Gasteiger partial charge in [0.05, 0.1) is 22.4 Å². The Balaban J connectivity index is 1.45. The summed E-state index contributed by atoms with van der Waals surface area (Å²) in [4.78, 5) is 28.5. The Morgan fingerprint density at radius 1 is 0.895 bits per heavy atom. The first kappa shape index (κ1) is 27.5. The van der Waals surface area contributed by atoms with Crippen molar-refractivity contribution in [2.45, 2.75) is 117 Å². The van der Waals surface area contributed by atoms with Crippen LogP contribution >= 0.6 is 15.9 Å². The van der Waals surface area contributed by atoms with E-state index in [-0.39, 0.29) is 34.1 Å². The van der Waals surface area contributed by atoms with E-state index in [1.165, 1.54) is 38.5 Å². The van der Waals surface area contributed by atoms with Gasteiger partial charge in [-0.25, -0.2) is 0 Å². The van der Waals surface area contributed by atoms with Gasteiger partial charge in [0.1, 0.15) is 0 Å². The van der Waals surface area contributed by atoms with E-state index in [0.717, 1.165) is 31.6 Å². The molecule has 6 rings (SSSR count). The van der Waals surface area contributed by atoms with Crippen LogP contribution in [0.4, 0.5) is 0 Å². The minimum Gasteiger partial charge on any atom is -0.481 e. The van der Waals surface area contributed by atoms with Gasteiger partial charge in [-0.05, 0) is 104 Å². The van der Waals surface area contributed by atoms with Crippen molar-refractivity contribution in [3.05, 3.63) is 0 Å². The maximum absolute atomic E-state index is 13.2. The lowest BCUT2D eigenvalue weighted by atomic mass is 9.32. The molecule has 5 aliphatic carbocycles. The van der Waals surface area contributed by atoms with Crippen molar-refractivity contribution in [1.82, 2.24) is 4.90 Å². The molecule has 6 fully saturated rings. The summed E-state index contributed by atoms with van der Waals surface area (Å²) < 4.78 is 6.07. The lowest BCUT2D eigenvalue weighted by Crippen LogP contribution is -2.78. The molecule has 1 spiro atoms. The lowest BCUT2D eigenvalue weighted by molar-refractivity contribution is -0.262. The van der Waals surface area contributed by atoms with Crippen LogP contribution in [-0.4, -0.2) is 52.5 Å². The van der Waals surface area contributed by atoms with Crippen LogP contribution in [0, 0.1) is 50.7 Å². The second-order valence-corrected chi connectivity index (χ2v) is 16.4. The van der Waals surface area contributed by atoms with Crippen molar-refractivity contribution >= 4 is 27.8 Å². The van der Waals surface area contributed by atoms with Crippen molar-refractivity contribution in [2.75, 3.05) is 19.0 Å². The molecule has 1 aliphatic heterocycles. The Hall–Kier alpha value is -0.620. The molecular weight excluding hydrogens is 542 g/mol. The third kappa shape index (κ3) is 3.04. The normalized spacial score (nSPS) is 52.8. The summed E-state index contributed by atoms with van der Waals surface area (Å²) in [5, 5.41) is 11.1. The molecule has 1 heterocycles. The van der Waals surface area contributed by atoms with Crippen LogP contribution in [0.15, 0.2) is 0 Å². The number of hydrogen-bond donors (Lipinski definition) is 1. The predicted octanol–water partition coefficient (Wildman–Crippen LogP) is 6.92. The monoisotopic (exact) mass is 591 g/mol. The second kappa shape index (κ2) is 8.46. The van der Waals surface area contributed by atoms with Crippen LogP contribution in [0.5, 0.6) is 0 Å². The van der Waals surface area contributed by atoms with Crippen molar-refractivity contribution < 1.29 is 19.4 Å². The number of fused-ring (bicyclic) bond motifs is 8. The van der Waals surface area contributed by atoms with E-state index in [9.17, 15) is 14.7 Å². The first-order valence-electron chi connectivity index (χ1n) is 15.4. The molecule has 5 nitrogen and oxygen atoms in total. The summed E-state index contributed by atoms with van der Waals surface area (Å²) in [5.41, 5.74) is -0.199. The van der Waals surface area contributed by atoms with E-state index in [1.54, 1.807) is 7.11 Å². The maximum Gasteiger partial charge on any atom is 0.310 e. The molecule has 6 aliphatic rings. The van der Waals surface area contributed by atoms with Crippen molar-refractivity contribution in [2.24, 2.45) is 50.7 Å². The highest BCUT2D eigenvalue weighted by atomic mass is 79.9. The number of hydrogen-bond acceptors (Lipinski definition) is 3. The third-order valence-corrected chi connectivity index (χ3v) is 15.3. The number of rotatable bonds is 3. The number of carbonyl (C=O) groups is 2. The average molecular weight is 593 g/mol. The minimum absolute atomic E-state index is 0.0425. The van der Waals surface area contributed by atoms with Crippen LogP contribution < -0.4 is 0 Å². The zero-order chi connectivity index (χ0) is 27.5.